The zero-order valence-corrected chi connectivity index (χ0v) is 17.7. The summed E-state index contributed by atoms with van der Waals surface area (Å²) in [7, 11) is 0. The largest absolute Gasteiger partial charge is 0.484 e. The summed E-state index contributed by atoms with van der Waals surface area (Å²) in [5.41, 5.74) is 5.78. The van der Waals surface area contributed by atoms with E-state index < -0.39 is 5.91 Å². The van der Waals surface area contributed by atoms with Crippen LogP contribution in [0.2, 0.25) is 0 Å². The average molecular weight is 472 g/mol. The highest BCUT2D eigenvalue weighted by atomic mass is 79.9. The van der Waals surface area contributed by atoms with Crippen molar-refractivity contribution in [1.29, 1.82) is 0 Å². The maximum absolute atomic E-state index is 12.3. The summed E-state index contributed by atoms with van der Waals surface area (Å²) in [6.07, 6.45) is 0.170. The molecule has 0 unspecified atom stereocenters. The third-order valence-corrected chi connectivity index (χ3v) is 4.72. The van der Waals surface area contributed by atoms with E-state index in [-0.39, 0.29) is 24.0 Å². The molecule has 2 amide bonds. The number of ether oxygens (including phenoxy) is 1. The van der Waals surface area contributed by atoms with E-state index in [9.17, 15) is 9.59 Å². The Morgan fingerprint density at radius 2 is 1.62 bits per heavy atom. The number of nitrogens with one attached hydrogen (secondary N) is 3. The highest BCUT2D eigenvalue weighted by Crippen LogP contribution is 2.19. The molecule has 0 aliphatic heterocycles. The highest BCUT2D eigenvalue weighted by molar-refractivity contribution is 9.10. The van der Waals surface area contributed by atoms with Crippen molar-refractivity contribution in [2.45, 2.75) is 6.42 Å². The lowest BCUT2D eigenvalue weighted by atomic mass is 10.0. The SMILES string of the molecule is O=C(COc1ccc(Br)cc1)NNC(=S)NC(=O)Cc1cccc2ccccc12. The standard InChI is InChI=1S/C21H18BrN3O3S/c22-16-8-10-17(11-9-16)28-13-20(27)24-25-21(29)23-19(26)12-15-6-3-5-14-4-1-2-7-18(14)15/h1-11H,12-13H2,(H,24,27)(H2,23,25,26,29). The fourth-order valence-electron chi connectivity index (χ4n) is 2.66. The first kappa shape index (κ1) is 20.8. The molecule has 0 saturated carbocycles. The zero-order chi connectivity index (χ0) is 20.6. The van der Waals surface area contributed by atoms with Crippen LogP contribution in [0.3, 0.4) is 0 Å². The van der Waals surface area contributed by atoms with Gasteiger partial charge in [0.15, 0.2) is 11.7 Å². The minimum atomic E-state index is -0.432. The molecule has 6 nitrogen and oxygen atoms in total. The van der Waals surface area contributed by atoms with Crippen molar-refractivity contribution in [2.75, 3.05) is 6.61 Å². The topological polar surface area (TPSA) is 79.5 Å². The molecule has 29 heavy (non-hydrogen) atoms. The normalized spacial score (nSPS) is 10.2. The molecule has 3 N–H and O–H groups in total. The van der Waals surface area contributed by atoms with Gasteiger partial charge in [0, 0.05) is 4.47 Å². The van der Waals surface area contributed by atoms with Gasteiger partial charge in [0.05, 0.1) is 6.42 Å². The average Bonchev–Trinajstić information content (AvgIpc) is 2.72. The number of hydrogen-bond donors (Lipinski definition) is 3. The number of thiocarbonyl (C=S) groups is 1. The molecular formula is C21H18BrN3O3S. The molecular weight excluding hydrogens is 454 g/mol. The Balaban J connectivity index is 1.43. The molecule has 0 saturated heterocycles. The highest BCUT2D eigenvalue weighted by Gasteiger charge is 2.09. The van der Waals surface area contributed by atoms with E-state index in [1.807, 2.05) is 54.6 Å². The molecule has 0 fully saturated rings. The number of hydrazine groups is 1. The number of fused-ring (bicyclic) bond motifs is 1. The number of benzene rings is 3. The molecule has 8 heteroatoms. The minimum Gasteiger partial charge on any atom is -0.484 e. The summed E-state index contributed by atoms with van der Waals surface area (Å²) in [5.74, 6) is -0.146. The molecule has 148 valence electrons. The van der Waals surface area contributed by atoms with Gasteiger partial charge in [-0.1, -0.05) is 58.4 Å². The van der Waals surface area contributed by atoms with Gasteiger partial charge in [-0.3, -0.25) is 20.4 Å². The Kier molecular flexibility index (Phi) is 7.15. The van der Waals surface area contributed by atoms with E-state index in [0.29, 0.717) is 5.75 Å². The molecule has 3 aromatic rings. The summed E-state index contributed by atoms with van der Waals surface area (Å²) < 4.78 is 6.27. The van der Waals surface area contributed by atoms with Crippen LogP contribution >= 0.6 is 28.1 Å². The molecule has 3 aromatic carbocycles. The first-order valence-corrected chi connectivity index (χ1v) is 9.95. The van der Waals surface area contributed by atoms with Crippen molar-refractivity contribution < 1.29 is 14.3 Å². The van der Waals surface area contributed by atoms with Gasteiger partial charge in [-0.2, -0.15) is 0 Å². The second-order valence-electron chi connectivity index (χ2n) is 6.11. The maximum atomic E-state index is 12.3. The van der Waals surface area contributed by atoms with Crippen LogP contribution < -0.4 is 20.9 Å². The van der Waals surface area contributed by atoms with Gasteiger partial charge in [0.25, 0.3) is 5.91 Å². The molecule has 0 heterocycles. The zero-order valence-electron chi connectivity index (χ0n) is 15.3. The lowest BCUT2D eigenvalue weighted by Gasteiger charge is -2.12. The summed E-state index contributed by atoms with van der Waals surface area (Å²) in [6.45, 7) is -0.193. The summed E-state index contributed by atoms with van der Waals surface area (Å²) in [6, 6.07) is 20.8. The van der Waals surface area contributed by atoms with Crippen molar-refractivity contribution >= 4 is 55.8 Å². The Morgan fingerprint density at radius 1 is 0.897 bits per heavy atom. The molecule has 0 spiro atoms. The predicted molar refractivity (Wildman–Crippen MR) is 119 cm³/mol. The van der Waals surface area contributed by atoms with E-state index >= 15 is 0 Å². The monoisotopic (exact) mass is 471 g/mol. The molecule has 3 rings (SSSR count). The Morgan fingerprint density at radius 3 is 2.41 bits per heavy atom. The predicted octanol–water partition coefficient (Wildman–Crippen LogP) is 3.25. The lowest BCUT2D eigenvalue weighted by molar-refractivity contribution is -0.124. The van der Waals surface area contributed by atoms with Crippen LogP contribution in [0.1, 0.15) is 5.56 Å². The Bertz CT molecular complexity index is 1040. The third-order valence-electron chi connectivity index (χ3n) is 3.98. The lowest BCUT2D eigenvalue weighted by Crippen LogP contribution is -2.49. The minimum absolute atomic E-state index is 0.00669. The van der Waals surface area contributed by atoms with E-state index in [1.165, 1.54) is 0 Å². The van der Waals surface area contributed by atoms with Crippen LogP contribution in [-0.2, 0) is 16.0 Å². The molecule has 0 aliphatic carbocycles. The number of amides is 2. The molecule has 0 radical (unpaired) electrons. The van der Waals surface area contributed by atoms with Crippen molar-refractivity contribution in [1.82, 2.24) is 16.2 Å². The van der Waals surface area contributed by atoms with Gasteiger partial charge in [-0.05, 0) is 52.8 Å². The Labute approximate surface area is 181 Å². The fraction of sp³-hybridized carbons (Fsp3) is 0.0952. The van der Waals surface area contributed by atoms with E-state index in [1.54, 1.807) is 12.1 Å². The summed E-state index contributed by atoms with van der Waals surface area (Å²) in [4.78, 5) is 24.1. The number of hydrogen-bond acceptors (Lipinski definition) is 4. The molecule has 0 atom stereocenters. The van der Waals surface area contributed by atoms with E-state index in [4.69, 9.17) is 17.0 Å². The van der Waals surface area contributed by atoms with Gasteiger partial charge in [-0.15, -0.1) is 0 Å². The number of rotatable bonds is 5. The quantitative estimate of drug-likeness (QED) is 0.393. The number of carbonyl (C=O) groups is 2. The van der Waals surface area contributed by atoms with Crippen LogP contribution in [0.5, 0.6) is 5.75 Å². The maximum Gasteiger partial charge on any atom is 0.276 e. The fourth-order valence-corrected chi connectivity index (χ4v) is 3.09. The van der Waals surface area contributed by atoms with Crippen LogP contribution in [0.4, 0.5) is 0 Å². The Hall–Kier alpha value is -2.97. The third kappa shape index (κ3) is 6.27. The number of halogens is 1. The van der Waals surface area contributed by atoms with Gasteiger partial charge < -0.3 is 10.1 Å². The smallest absolute Gasteiger partial charge is 0.276 e. The van der Waals surface area contributed by atoms with Crippen molar-refractivity contribution in [3.8, 4) is 5.75 Å². The van der Waals surface area contributed by atoms with E-state index in [0.717, 1.165) is 20.8 Å². The summed E-state index contributed by atoms with van der Waals surface area (Å²) >= 11 is 8.37. The van der Waals surface area contributed by atoms with Gasteiger partial charge >= 0.3 is 0 Å². The summed E-state index contributed by atoms with van der Waals surface area (Å²) in [5, 5.41) is 4.64. The number of carbonyl (C=O) groups excluding carboxylic acids is 2. The van der Waals surface area contributed by atoms with Crippen LogP contribution in [-0.4, -0.2) is 23.5 Å². The van der Waals surface area contributed by atoms with Crippen LogP contribution in [0.15, 0.2) is 71.2 Å². The second-order valence-corrected chi connectivity index (χ2v) is 7.43. The molecule has 0 bridgehead atoms. The first-order valence-electron chi connectivity index (χ1n) is 8.75. The van der Waals surface area contributed by atoms with Gasteiger partial charge in [0.1, 0.15) is 5.75 Å². The van der Waals surface area contributed by atoms with Crippen molar-refractivity contribution in [2.24, 2.45) is 0 Å². The second kappa shape index (κ2) is 9.99. The van der Waals surface area contributed by atoms with Crippen LogP contribution in [0, 0.1) is 0 Å². The van der Waals surface area contributed by atoms with E-state index in [2.05, 4.69) is 32.1 Å². The van der Waals surface area contributed by atoms with Crippen molar-refractivity contribution in [3.63, 3.8) is 0 Å². The van der Waals surface area contributed by atoms with Gasteiger partial charge in [-0.25, -0.2) is 0 Å². The van der Waals surface area contributed by atoms with Crippen LogP contribution in [0.25, 0.3) is 10.8 Å². The van der Waals surface area contributed by atoms with Gasteiger partial charge in [0.2, 0.25) is 5.91 Å². The first-order chi connectivity index (χ1) is 14.0. The molecule has 0 aromatic heterocycles. The molecule has 0 aliphatic rings. The van der Waals surface area contributed by atoms with Crippen molar-refractivity contribution in [3.05, 3.63) is 76.8 Å².